The molecule has 0 radical (unpaired) electrons. The van der Waals surface area contributed by atoms with Crippen LogP contribution in [0.2, 0.25) is 0 Å². The summed E-state index contributed by atoms with van der Waals surface area (Å²) >= 11 is 0. The Morgan fingerprint density at radius 3 is 2.49 bits per heavy atom. The van der Waals surface area contributed by atoms with Gasteiger partial charge in [-0.25, -0.2) is 4.79 Å². The molecule has 0 unspecified atom stereocenters. The van der Waals surface area contributed by atoms with Gasteiger partial charge >= 0.3 is 5.97 Å². The van der Waals surface area contributed by atoms with Crippen molar-refractivity contribution in [3.05, 3.63) is 101 Å². The number of rotatable bonds is 6. The minimum Gasteiger partial charge on any atom is -0.497 e. The Hall–Kier alpha value is -4.39. The van der Waals surface area contributed by atoms with Crippen LogP contribution in [-0.4, -0.2) is 35.8 Å². The fourth-order valence-electron chi connectivity index (χ4n) is 4.44. The van der Waals surface area contributed by atoms with Gasteiger partial charge in [-0.15, -0.1) is 0 Å². The third-order valence-electron chi connectivity index (χ3n) is 6.16. The van der Waals surface area contributed by atoms with Crippen LogP contribution >= 0.6 is 0 Å². The van der Waals surface area contributed by atoms with E-state index in [0.717, 1.165) is 27.9 Å². The van der Waals surface area contributed by atoms with Crippen molar-refractivity contribution in [2.45, 2.75) is 19.9 Å². The van der Waals surface area contributed by atoms with Crippen molar-refractivity contribution in [2.24, 2.45) is 0 Å². The first kappa shape index (κ1) is 22.4. The van der Waals surface area contributed by atoms with E-state index < -0.39 is 12.0 Å². The molecule has 7 heteroatoms. The van der Waals surface area contributed by atoms with E-state index in [1.165, 1.54) is 0 Å². The molecule has 176 valence electrons. The summed E-state index contributed by atoms with van der Waals surface area (Å²) in [5, 5.41) is 7.50. The highest BCUT2D eigenvalue weighted by molar-refractivity contribution is 6.12. The number of nitrogens with zero attached hydrogens (tertiary/aromatic N) is 2. The van der Waals surface area contributed by atoms with Crippen molar-refractivity contribution in [3.63, 3.8) is 0 Å². The quantitative estimate of drug-likeness (QED) is 0.388. The smallest absolute Gasteiger partial charge is 0.338 e. The van der Waals surface area contributed by atoms with Gasteiger partial charge in [0.25, 0.3) is 5.91 Å². The van der Waals surface area contributed by atoms with Crippen LogP contribution < -0.4 is 9.64 Å². The van der Waals surface area contributed by atoms with Crippen molar-refractivity contribution in [2.75, 3.05) is 18.6 Å². The second-order valence-electron chi connectivity index (χ2n) is 8.35. The second kappa shape index (κ2) is 9.10. The Labute approximate surface area is 203 Å². The van der Waals surface area contributed by atoms with Crippen LogP contribution in [0, 0.1) is 6.92 Å². The number of hydrogen-bond acceptors (Lipinski definition) is 5. The van der Waals surface area contributed by atoms with Gasteiger partial charge in [0.1, 0.15) is 11.4 Å². The molecule has 0 fully saturated rings. The fraction of sp³-hybridized carbons (Fsp3) is 0.179. The average molecular weight is 468 g/mol. The van der Waals surface area contributed by atoms with E-state index in [0.29, 0.717) is 29.3 Å². The van der Waals surface area contributed by atoms with E-state index in [1.807, 2.05) is 55.5 Å². The first-order chi connectivity index (χ1) is 17.0. The zero-order chi connectivity index (χ0) is 24.5. The van der Waals surface area contributed by atoms with Crippen LogP contribution in [0.25, 0.3) is 11.3 Å². The molecule has 0 saturated carbocycles. The number of carbonyl (C=O) groups excluding carboxylic acids is 2. The molecule has 0 aliphatic carbocycles. The number of ether oxygens (including phenoxy) is 2. The first-order valence-corrected chi connectivity index (χ1v) is 11.4. The number of methoxy groups -OCH3 is 1. The monoisotopic (exact) mass is 467 g/mol. The number of hydrogen-bond donors (Lipinski definition) is 1. The molecule has 0 spiro atoms. The Kier molecular flexibility index (Phi) is 5.82. The van der Waals surface area contributed by atoms with Crippen LogP contribution in [-0.2, 0) is 4.74 Å². The standard InChI is InChI=1S/C28H25N3O4/c1-4-35-28(33)19-12-14-21(15-13-19)31-26(20-6-5-7-22(16-20)34-3)23-24(29-30-25(23)27(31)32)18-10-8-17(2)9-11-18/h5-16,26H,4H2,1-3H3,(H,29,30)/t26-/m0/s1. The third kappa shape index (κ3) is 3.95. The molecular weight excluding hydrogens is 442 g/mol. The van der Waals surface area contributed by atoms with E-state index >= 15 is 0 Å². The van der Waals surface area contributed by atoms with Crippen LogP contribution in [0.4, 0.5) is 5.69 Å². The Morgan fingerprint density at radius 1 is 1.06 bits per heavy atom. The highest BCUT2D eigenvalue weighted by atomic mass is 16.5. The number of nitrogens with one attached hydrogen (secondary N) is 1. The van der Waals surface area contributed by atoms with E-state index in [9.17, 15) is 9.59 Å². The zero-order valence-electron chi connectivity index (χ0n) is 19.7. The normalized spacial score (nSPS) is 14.7. The number of esters is 1. The summed E-state index contributed by atoms with van der Waals surface area (Å²) in [6.45, 7) is 4.09. The molecule has 1 aliphatic heterocycles. The Morgan fingerprint density at radius 2 is 1.80 bits per heavy atom. The van der Waals surface area contributed by atoms with Gasteiger partial charge in [0, 0.05) is 16.8 Å². The van der Waals surface area contributed by atoms with Gasteiger partial charge in [0.15, 0.2) is 0 Å². The molecule has 2 heterocycles. The largest absolute Gasteiger partial charge is 0.497 e. The number of amides is 1. The molecule has 7 nitrogen and oxygen atoms in total. The van der Waals surface area contributed by atoms with Crippen LogP contribution in [0.1, 0.15) is 50.5 Å². The average Bonchev–Trinajstić information content (AvgIpc) is 3.43. The summed E-state index contributed by atoms with van der Waals surface area (Å²) in [6.07, 6.45) is 0. The predicted octanol–water partition coefficient (Wildman–Crippen LogP) is 5.32. The molecule has 1 aromatic heterocycles. The summed E-state index contributed by atoms with van der Waals surface area (Å²) in [5.74, 6) is 0.108. The molecule has 5 rings (SSSR count). The lowest BCUT2D eigenvalue weighted by molar-refractivity contribution is 0.0526. The predicted molar refractivity (Wildman–Crippen MR) is 133 cm³/mol. The maximum atomic E-state index is 13.7. The minimum atomic E-state index is -0.434. The van der Waals surface area contributed by atoms with Gasteiger partial charge in [-0.3, -0.25) is 14.8 Å². The van der Waals surface area contributed by atoms with Gasteiger partial charge in [-0.1, -0.05) is 42.0 Å². The van der Waals surface area contributed by atoms with Gasteiger partial charge in [0.2, 0.25) is 0 Å². The summed E-state index contributed by atoms with van der Waals surface area (Å²) in [7, 11) is 1.62. The summed E-state index contributed by atoms with van der Waals surface area (Å²) in [5.41, 5.74) is 6.03. The minimum absolute atomic E-state index is 0.192. The van der Waals surface area contributed by atoms with Crippen molar-refractivity contribution in [3.8, 4) is 17.0 Å². The number of H-pyrrole nitrogens is 1. The number of aromatic nitrogens is 2. The van der Waals surface area contributed by atoms with Gasteiger partial charge in [-0.2, -0.15) is 5.10 Å². The van der Waals surface area contributed by atoms with Gasteiger partial charge in [0.05, 0.1) is 31.0 Å². The first-order valence-electron chi connectivity index (χ1n) is 11.4. The molecule has 0 bridgehead atoms. The van der Waals surface area contributed by atoms with Crippen LogP contribution in [0.15, 0.2) is 72.8 Å². The second-order valence-corrected chi connectivity index (χ2v) is 8.35. The van der Waals surface area contributed by atoms with Crippen LogP contribution in [0.5, 0.6) is 5.75 Å². The fourth-order valence-corrected chi connectivity index (χ4v) is 4.44. The molecule has 1 atom stereocenters. The summed E-state index contributed by atoms with van der Waals surface area (Å²) in [4.78, 5) is 27.5. The zero-order valence-corrected chi connectivity index (χ0v) is 19.7. The van der Waals surface area contributed by atoms with Crippen molar-refractivity contribution in [1.82, 2.24) is 10.2 Å². The van der Waals surface area contributed by atoms with E-state index in [2.05, 4.69) is 10.2 Å². The Bertz CT molecular complexity index is 1390. The molecular formula is C28H25N3O4. The maximum absolute atomic E-state index is 13.7. The van der Waals surface area contributed by atoms with E-state index in [-0.39, 0.29) is 5.91 Å². The molecule has 1 aliphatic rings. The highest BCUT2D eigenvalue weighted by Crippen LogP contribution is 2.45. The lowest BCUT2D eigenvalue weighted by atomic mass is 9.95. The number of aromatic amines is 1. The number of aryl methyl sites for hydroxylation is 1. The molecule has 3 aromatic carbocycles. The summed E-state index contributed by atoms with van der Waals surface area (Å²) in [6, 6.07) is 22.2. The van der Waals surface area contributed by atoms with Gasteiger partial charge in [-0.05, 0) is 55.8 Å². The lowest BCUT2D eigenvalue weighted by Crippen LogP contribution is -2.29. The highest BCUT2D eigenvalue weighted by Gasteiger charge is 2.43. The van der Waals surface area contributed by atoms with Crippen LogP contribution in [0.3, 0.4) is 0 Å². The lowest BCUT2D eigenvalue weighted by Gasteiger charge is -2.27. The summed E-state index contributed by atoms with van der Waals surface area (Å²) < 4.78 is 10.6. The molecule has 35 heavy (non-hydrogen) atoms. The molecule has 1 amide bonds. The van der Waals surface area contributed by atoms with Crippen molar-refractivity contribution in [1.29, 1.82) is 0 Å². The maximum Gasteiger partial charge on any atom is 0.338 e. The topological polar surface area (TPSA) is 84.5 Å². The number of fused-ring (bicyclic) bond motifs is 1. The van der Waals surface area contributed by atoms with Crippen molar-refractivity contribution < 1.29 is 19.1 Å². The van der Waals surface area contributed by atoms with Gasteiger partial charge < -0.3 is 9.47 Å². The molecule has 0 saturated heterocycles. The van der Waals surface area contributed by atoms with E-state index in [1.54, 1.807) is 43.2 Å². The third-order valence-corrected chi connectivity index (χ3v) is 6.16. The molecule has 1 N–H and O–H groups in total. The number of carbonyl (C=O) groups is 2. The Balaban J connectivity index is 1.64. The number of anilines is 1. The van der Waals surface area contributed by atoms with Crippen molar-refractivity contribution >= 4 is 17.6 Å². The SMILES string of the molecule is CCOC(=O)c1ccc(N2C(=O)c3[nH]nc(-c4ccc(C)cc4)c3[C@@H]2c2cccc(OC)c2)cc1. The number of benzene rings is 3. The van der Waals surface area contributed by atoms with E-state index in [4.69, 9.17) is 9.47 Å². The molecule has 4 aromatic rings.